The molecule has 0 saturated heterocycles. The zero-order valence-electron chi connectivity index (χ0n) is 10.8. The van der Waals surface area contributed by atoms with E-state index in [1.165, 1.54) is 31.4 Å². The van der Waals surface area contributed by atoms with Crippen molar-refractivity contribution in [3.63, 3.8) is 0 Å². The van der Waals surface area contributed by atoms with Gasteiger partial charge in [-0.05, 0) is 24.3 Å². The van der Waals surface area contributed by atoms with Gasteiger partial charge in [-0.2, -0.15) is 0 Å². The second-order valence-electron chi connectivity index (χ2n) is 4.03. The van der Waals surface area contributed by atoms with Gasteiger partial charge in [0.1, 0.15) is 10.8 Å². The van der Waals surface area contributed by atoms with Crippen LogP contribution in [0.2, 0.25) is 5.02 Å². The minimum absolute atomic E-state index is 0.126. The predicted molar refractivity (Wildman–Crippen MR) is 77.9 cm³/mol. The van der Waals surface area contributed by atoms with Gasteiger partial charge in [-0.25, -0.2) is 13.4 Å². The van der Waals surface area contributed by atoms with Crippen molar-refractivity contribution in [2.75, 3.05) is 11.4 Å². The molecule has 0 spiro atoms. The van der Waals surface area contributed by atoms with Gasteiger partial charge in [-0.3, -0.25) is 14.4 Å². The van der Waals surface area contributed by atoms with Crippen LogP contribution in [0.4, 0.5) is 11.5 Å². The Kier molecular flexibility index (Phi) is 4.10. The first-order valence-electron chi connectivity index (χ1n) is 5.68. The van der Waals surface area contributed by atoms with E-state index in [1.54, 1.807) is 12.1 Å². The van der Waals surface area contributed by atoms with Crippen LogP contribution in [0.25, 0.3) is 0 Å². The molecular weight excluding hydrogens is 318 g/mol. The van der Waals surface area contributed by atoms with Crippen molar-refractivity contribution in [3.05, 3.63) is 57.7 Å². The molecule has 2 aromatic rings. The molecule has 0 bridgehead atoms. The Morgan fingerprint density at radius 2 is 2.00 bits per heavy atom. The van der Waals surface area contributed by atoms with E-state index >= 15 is 0 Å². The number of anilines is 1. The molecule has 0 aliphatic heterocycles. The first-order chi connectivity index (χ1) is 9.84. The minimum atomic E-state index is -3.96. The summed E-state index contributed by atoms with van der Waals surface area (Å²) in [4.78, 5) is 13.8. The van der Waals surface area contributed by atoms with Gasteiger partial charge in [-0.1, -0.05) is 17.7 Å². The molecule has 0 fully saturated rings. The third-order valence-corrected chi connectivity index (χ3v) is 4.82. The van der Waals surface area contributed by atoms with Crippen LogP contribution >= 0.6 is 11.6 Å². The average Bonchev–Trinajstić information content (AvgIpc) is 2.47. The van der Waals surface area contributed by atoms with Gasteiger partial charge >= 0.3 is 0 Å². The standard InChI is InChI=1S/C12H10ClN3O4S/c1-15(12-4-2-3-7-14-12)21(19,20)9-5-6-10(13)11(8-9)16(17)18/h2-8H,1H3. The van der Waals surface area contributed by atoms with E-state index in [-0.39, 0.29) is 15.7 Å². The predicted octanol–water partition coefficient (Wildman–Crippen LogP) is 2.47. The summed E-state index contributed by atoms with van der Waals surface area (Å²) in [6, 6.07) is 8.12. The Hall–Kier alpha value is -2.19. The molecule has 9 heteroatoms. The summed E-state index contributed by atoms with van der Waals surface area (Å²) in [7, 11) is -2.64. The molecule has 0 amide bonds. The van der Waals surface area contributed by atoms with Gasteiger partial charge in [0.05, 0.1) is 9.82 Å². The monoisotopic (exact) mass is 327 g/mol. The van der Waals surface area contributed by atoms with Crippen molar-refractivity contribution < 1.29 is 13.3 Å². The number of halogens is 1. The highest BCUT2D eigenvalue weighted by Gasteiger charge is 2.25. The molecular formula is C12H10ClN3O4S. The minimum Gasteiger partial charge on any atom is -0.258 e. The number of hydrogen-bond donors (Lipinski definition) is 0. The van der Waals surface area contributed by atoms with Crippen LogP contribution in [0, 0.1) is 10.1 Å². The van der Waals surface area contributed by atoms with Gasteiger partial charge in [0.15, 0.2) is 0 Å². The van der Waals surface area contributed by atoms with Crippen LogP contribution < -0.4 is 4.31 Å². The number of rotatable bonds is 4. The lowest BCUT2D eigenvalue weighted by molar-refractivity contribution is -0.384. The second kappa shape index (κ2) is 5.66. The molecule has 0 aliphatic carbocycles. The van der Waals surface area contributed by atoms with E-state index in [1.807, 2.05) is 0 Å². The van der Waals surface area contributed by atoms with Crippen molar-refractivity contribution in [3.8, 4) is 0 Å². The fourth-order valence-electron chi connectivity index (χ4n) is 1.61. The third kappa shape index (κ3) is 2.96. The summed E-state index contributed by atoms with van der Waals surface area (Å²) < 4.78 is 25.8. The van der Waals surface area contributed by atoms with Crippen LogP contribution in [0.1, 0.15) is 0 Å². The zero-order valence-corrected chi connectivity index (χ0v) is 12.4. The molecule has 7 nitrogen and oxygen atoms in total. The van der Waals surface area contributed by atoms with Crippen molar-refractivity contribution >= 4 is 33.1 Å². The average molecular weight is 328 g/mol. The molecule has 1 aromatic heterocycles. The fraction of sp³-hybridized carbons (Fsp3) is 0.0833. The Morgan fingerprint density at radius 3 is 2.57 bits per heavy atom. The number of sulfonamides is 1. The Morgan fingerprint density at radius 1 is 1.29 bits per heavy atom. The largest absolute Gasteiger partial charge is 0.289 e. The summed E-state index contributed by atoms with van der Waals surface area (Å²) in [5.41, 5.74) is -0.466. The van der Waals surface area contributed by atoms with Gasteiger partial charge in [0.2, 0.25) is 0 Å². The summed E-state index contributed by atoms with van der Waals surface area (Å²) in [6.07, 6.45) is 1.45. The number of hydrogen-bond acceptors (Lipinski definition) is 5. The van der Waals surface area contributed by atoms with Crippen LogP contribution in [0.15, 0.2) is 47.5 Å². The maximum Gasteiger partial charge on any atom is 0.289 e. The van der Waals surface area contributed by atoms with Crippen LogP contribution in [-0.4, -0.2) is 25.4 Å². The topological polar surface area (TPSA) is 93.4 Å². The summed E-state index contributed by atoms with van der Waals surface area (Å²) in [5.74, 6) is 0.204. The second-order valence-corrected chi connectivity index (χ2v) is 6.41. The SMILES string of the molecule is CN(c1ccccn1)S(=O)(=O)c1ccc(Cl)c([N+](=O)[O-])c1. The Balaban J connectivity index is 2.50. The van der Waals surface area contributed by atoms with E-state index in [2.05, 4.69) is 4.98 Å². The molecule has 0 saturated carbocycles. The lowest BCUT2D eigenvalue weighted by atomic mass is 10.3. The van der Waals surface area contributed by atoms with Crippen molar-refractivity contribution in [1.29, 1.82) is 0 Å². The summed E-state index contributed by atoms with van der Waals surface area (Å²) in [6.45, 7) is 0. The highest BCUT2D eigenvalue weighted by Crippen LogP contribution is 2.29. The maximum absolute atomic E-state index is 12.4. The van der Waals surface area contributed by atoms with E-state index in [0.29, 0.717) is 0 Å². The lowest BCUT2D eigenvalue weighted by Gasteiger charge is -2.18. The number of nitro groups is 1. The number of pyridine rings is 1. The van der Waals surface area contributed by atoms with Crippen LogP contribution in [-0.2, 0) is 10.0 Å². The third-order valence-electron chi connectivity index (χ3n) is 2.74. The molecule has 2 rings (SSSR count). The molecule has 110 valence electrons. The molecule has 0 radical (unpaired) electrons. The van der Waals surface area contributed by atoms with E-state index < -0.39 is 20.6 Å². The number of nitro benzene ring substituents is 1. The number of aromatic nitrogens is 1. The zero-order chi connectivity index (χ0) is 15.6. The highest BCUT2D eigenvalue weighted by atomic mass is 35.5. The van der Waals surface area contributed by atoms with E-state index in [9.17, 15) is 18.5 Å². The molecule has 21 heavy (non-hydrogen) atoms. The molecule has 1 aromatic carbocycles. The summed E-state index contributed by atoms with van der Waals surface area (Å²) >= 11 is 5.68. The highest BCUT2D eigenvalue weighted by molar-refractivity contribution is 7.92. The molecule has 0 aliphatic rings. The normalized spacial score (nSPS) is 11.1. The van der Waals surface area contributed by atoms with Crippen molar-refractivity contribution in [2.45, 2.75) is 4.90 Å². The number of nitrogens with zero attached hydrogens (tertiary/aromatic N) is 3. The van der Waals surface area contributed by atoms with Gasteiger partial charge in [0.25, 0.3) is 15.7 Å². The first-order valence-corrected chi connectivity index (χ1v) is 7.50. The smallest absolute Gasteiger partial charge is 0.258 e. The van der Waals surface area contributed by atoms with E-state index in [0.717, 1.165) is 10.4 Å². The van der Waals surface area contributed by atoms with E-state index in [4.69, 9.17) is 11.6 Å². The quantitative estimate of drug-likeness (QED) is 0.635. The molecule has 0 N–H and O–H groups in total. The van der Waals surface area contributed by atoms with Crippen molar-refractivity contribution in [1.82, 2.24) is 4.98 Å². The van der Waals surface area contributed by atoms with Crippen LogP contribution in [0.3, 0.4) is 0 Å². The van der Waals surface area contributed by atoms with Gasteiger partial charge < -0.3 is 0 Å². The Labute approximate surface area is 126 Å². The van der Waals surface area contributed by atoms with Gasteiger partial charge in [0, 0.05) is 19.3 Å². The van der Waals surface area contributed by atoms with Crippen molar-refractivity contribution in [2.24, 2.45) is 0 Å². The van der Waals surface area contributed by atoms with Crippen LogP contribution in [0.5, 0.6) is 0 Å². The lowest BCUT2D eigenvalue weighted by Crippen LogP contribution is -2.27. The first kappa shape index (κ1) is 15.2. The molecule has 1 heterocycles. The molecule has 0 unspecified atom stereocenters. The maximum atomic E-state index is 12.4. The number of benzene rings is 1. The fourth-order valence-corrected chi connectivity index (χ4v) is 2.97. The van der Waals surface area contributed by atoms with Gasteiger partial charge in [-0.15, -0.1) is 0 Å². The summed E-state index contributed by atoms with van der Waals surface area (Å²) in [5, 5.41) is 10.7. The molecule has 0 atom stereocenters. The Bertz CT molecular complexity index is 780.